The van der Waals surface area contributed by atoms with Crippen molar-refractivity contribution in [2.24, 2.45) is 0 Å². The quantitative estimate of drug-likeness (QED) is 0.643. The fourth-order valence-electron chi connectivity index (χ4n) is 1.72. The number of hydrogen-bond donors (Lipinski definition) is 1. The first kappa shape index (κ1) is 14.1. The van der Waals surface area contributed by atoms with Gasteiger partial charge in [-0.05, 0) is 24.6 Å². The number of carbonyl (C=O) groups is 1. The number of fused-ring (bicyclic) bond motifs is 1. The van der Waals surface area contributed by atoms with Gasteiger partial charge in [-0.3, -0.25) is 4.79 Å². The van der Waals surface area contributed by atoms with Crippen LogP contribution in [0, 0.1) is 0 Å². The number of thioether (sulfide) groups is 1. The lowest BCUT2D eigenvalue weighted by molar-refractivity contribution is -0.118. The van der Waals surface area contributed by atoms with E-state index in [1.54, 1.807) is 0 Å². The van der Waals surface area contributed by atoms with Gasteiger partial charge in [-0.15, -0.1) is 11.8 Å². The highest BCUT2D eigenvalue weighted by molar-refractivity contribution is 8.00. The van der Waals surface area contributed by atoms with Crippen molar-refractivity contribution in [3.63, 3.8) is 0 Å². The first-order chi connectivity index (χ1) is 9.29. The summed E-state index contributed by atoms with van der Waals surface area (Å²) in [7, 11) is 0. The second kappa shape index (κ2) is 7.28. The number of ether oxygens (including phenoxy) is 2. The van der Waals surface area contributed by atoms with Crippen LogP contribution in [-0.2, 0) is 4.79 Å². The van der Waals surface area contributed by atoms with Crippen molar-refractivity contribution < 1.29 is 14.3 Å². The summed E-state index contributed by atoms with van der Waals surface area (Å²) in [6.45, 7) is 4.05. The van der Waals surface area contributed by atoms with Crippen LogP contribution in [0.25, 0.3) is 0 Å². The first-order valence-corrected chi connectivity index (χ1v) is 7.57. The van der Waals surface area contributed by atoms with Crippen molar-refractivity contribution in [1.82, 2.24) is 5.32 Å². The topological polar surface area (TPSA) is 47.6 Å². The van der Waals surface area contributed by atoms with Crippen LogP contribution in [0.3, 0.4) is 0 Å². The zero-order valence-electron chi connectivity index (χ0n) is 11.1. The summed E-state index contributed by atoms with van der Waals surface area (Å²) in [5.74, 6) is 2.06. The minimum absolute atomic E-state index is 0.0772. The molecular weight excluding hydrogens is 262 g/mol. The number of rotatable bonds is 6. The fraction of sp³-hybridized carbons (Fsp3) is 0.500. The zero-order valence-corrected chi connectivity index (χ0v) is 11.9. The fourth-order valence-corrected chi connectivity index (χ4v) is 2.47. The molecule has 0 saturated carbocycles. The van der Waals surface area contributed by atoms with Gasteiger partial charge in [0, 0.05) is 11.4 Å². The molecule has 0 bridgehead atoms. The van der Waals surface area contributed by atoms with Gasteiger partial charge in [-0.1, -0.05) is 13.3 Å². The van der Waals surface area contributed by atoms with Crippen LogP contribution in [0.15, 0.2) is 23.1 Å². The van der Waals surface area contributed by atoms with Gasteiger partial charge in [0.2, 0.25) is 5.91 Å². The van der Waals surface area contributed by atoms with E-state index >= 15 is 0 Å². The predicted molar refractivity (Wildman–Crippen MR) is 76.1 cm³/mol. The molecule has 0 fully saturated rings. The lowest BCUT2D eigenvalue weighted by Crippen LogP contribution is -2.25. The van der Waals surface area contributed by atoms with Crippen LogP contribution < -0.4 is 14.8 Å². The molecule has 4 nitrogen and oxygen atoms in total. The molecule has 1 heterocycles. The summed E-state index contributed by atoms with van der Waals surface area (Å²) in [5, 5.41) is 2.90. The summed E-state index contributed by atoms with van der Waals surface area (Å²) >= 11 is 1.51. The average molecular weight is 281 g/mol. The average Bonchev–Trinajstić information content (AvgIpc) is 2.45. The van der Waals surface area contributed by atoms with Crippen molar-refractivity contribution in [2.75, 3.05) is 25.5 Å². The van der Waals surface area contributed by atoms with E-state index in [9.17, 15) is 4.79 Å². The molecule has 1 aromatic carbocycles. The Balaban J connectivity index is 1.81. The van der Waals surface area contributed by atoms with E-state index < -0.39 is 0 Å². The van der Waals surface area contributed by atoms with Crippen LogP contribution in [0.5, 0.6) is 11.5 Å². The first-order valence-electron chi connectivity index (χ1n) is 6.58. The number of amides is 1. The largest absolute Gasteiger partial charge is 0.486 e. The van der Waals surface area contributed by atoms with Crippen molar-refractivity contribution >= 4 is 17.7 Å². The predicted octanol–water partition coefficient (Wildman–Crippen LogP) is 2.47. The molecule has 0 aliphatic carbocycles. The van der Waals surface area contributed by atoms with Crippen LogP contribution >= 0.6 is 11.8 Å². The molecular formula is C14H19NO3S. The Kier molecular flexibility index (Phi) is 5.39. The molecule has 0 unspecified atom stereocenters. The number of hydrogen-bond acceptors (Lipinski definition) is 4. The molecule has 1 aromatic rings. The van der Waals surface area contributed by atoms with Gasteiger partial charge in [0.15, 0.2) is 11.5 Å². The Labute approximate surface area is 117 Å². The molecule has 1 N–H and O–H groups in total. The van der Waals surface area contributed by atoms with Gasteiger partial charge in [0.25, 0.3) is 0 Å². The molecule has 1 amide bonds. The second-order valence-electron chi connectivity index (χ2n) is 4.30. The minimum atomic E-state index is 0.0772. The maximum atomic E-state index is 11.6. The third kappa shape index (κ3) is 4.35. The maximum Gasteiger partial charge on any atom is 0.230 e. The van der Waals surface area contributed by atoms with Gasteiger partial charge >= 0.3 is 0 Å². The lowest BCUT2D eigenvalue weighted by atomic mass is 10.3. The van der Waals surface area contributed by atoms with Gasteiger partial charge in [0.1, 0.15) is 13.2 Å². The Morgan fingerprint density at radius 3 is 2.89 bits per heavy atom. The van der Waals surface area contributed by atoms with E-state index in [0.29, 0.717) is 19.0 Å². The summed E-state index contributed by atoms with van der Waals surface area (Å²) in [4.78, 5) is 12.6. The van der Waals surface area contributed by atoms with Crippen molar-refractivity contribution in [1.29, 1.82) is 0 Å². The van der Waals surface area contributed by atoms with Crippen molar-refractivity contribution in [2.45, 2.75) is 24.7 Å². The third-order valence-corrected chi connectivity index (χ3v) is 3.73. The standard InChI is InChI=1S/C14H19NO3S/c1-2-3-6-15-14(16)10-19-11-4-5-12-13(9-11)18-8-7-17-12/h4-5,9H,2-3,6-8,10H2,1H3,(H,15,16). The van der Waals surface area contributed by atoms with Crippen molar-refractivity contribution in [3.8, 4) is 11.5 Å². The molecule has 104 valence electrons. The van der Waals surface area contributed by atoms with Crippen LogP contribution in [0.2, 0.25) is 0 Å². The Bertz CT molecular complexity index is 437. The molecule has 0 aromatic heterocycles. The highest BCUT2D eigenvalue weighted by atomic mass is 32.2. The smallest absolute Gasteiger partial charge is 0.230 e. The Morgan fingerprint density at radius 2 is 2.11 bits per heavy atom. The van der Waals surface area contributed by atoms with E-state index in [2.05, 4.69) is 12.2 Å². The van der Waals surface area contributed by atoms with E-state index in [4.69, 9.17) is 9.47 Å². The molecule has 0 spiro atoms. The summed E-state index contributed by atoms with van der Waals surface area (Å²) in [6, 6.07) is 5.78. The second-order valence-corrected chi connectivity index (χ2v) is 5.35. The summed E-state index contributed by atoms with van der Waals surface area (Å²) in [5.41, 5.74) is 0. The molecule has 0 atom stereocenters. The maximum absolute atomic E-state index is 11.6. The Morgan fingerprint density at radius 1 is 1.32 bits per heavy atom. The van der Waals surface area contributed by atoms with Crippen LogP contribution in [0.4, 0.5) is 0 Å². The third-order valence-electron chi connectivity index (χ3n) is 2.74. The van der Waals surface area contributed by atoms with Crippen LogP contribution in [0.1, 0.15) is 19.8 Å². The monoisotopic (exact) mass is 281 g/mol. The molecule has 5 heteroatoms. The van der Waals surface area contributed by atoms with E-state index in [1.807, 2.05) is 18.2 Å². The molecule has 19 heavy (non-hydrogen) atoms. The minimum Gasteiger partial charge on any atom is -0.486 e. The molecule has 0 radical (unpaired) electrons. The molecule has 2 rings (SSSR count). The number of nitrogens with one attached hydrogen (secondary N) is 1. The van der Waals surface area contributed by atoms with Gasteiger partial charge in [-0.25, -0.2) is 0 Å². The van der Waals surface area contributed by atoms with Gasteiger partial charge in [0.05, 0.1) is 5.75 Å². The van der Waals surface area contributed by atoms with Gasteiger partial charge < -0.3 is 14.8 Å². The normalized spacial score (nSPS) is 13.1. The van der Waals surface area contributed by atoms with E-state index in [-0.39, 0.29) is 5.91 Å². The highest BCUT2D eigenvalue weighted by Gasteiger charge is 2.12. The van der Waals surface area contributed by atoms with Gasteiger partial charge in [-0.2, -0.15) is 0 Å². The number of unbranched alkanes of at least 4 members (excludes halogenated alkanes) is 1. The molecule has 1 aliphatic heterocycles. The summed E-state index contributed by atoms with van der Waals surface area (Å²) in [6.07, 6.45) is 2.12. The highest BCUT2D eigenvalue weighted by Crippen LogP contribution is 2.33. The zero-order chi connectivity index (χ0) is 13.5. The molecule has 1 aliphatic rings. The Hall–Kier alpha value is -1.36. The van der Waals surface area contributed by atoms with Crippen LogP contribution in [-0.4, -0.2) is 31.4 Å². The number of carbonyl (C=O) groups excluding carboxylic acids is 1. The molecule has 0 saturated heterocycles. The summed E-state index contributed by atoms with van der Waals surface area (Å²) < 4.78 is 11.0. The lowest BCUT2D eigenvalue weighted by Gasteiger charge is -2.18. The van der Waals surface area contributed by atoms with E-state index in [1.165, 1.54) is 11.8 Å². The number of benzene rings is 1. The SMILES string of the molecule is CCCCNC(=O)CSc1ccc2c(c1)OCCO2. The van der Waals surface area contributed by atoms with Crippen molar-refractivity contribution in [3.05, 3.63) is 18.2 Å². The van der Waals surface area contributed by atoms with E-state index in [0.717, 1.165) is 35.8 Å².